The van der Waals surface area contributed by atoms with Gasteiger partial charge in [-0.25, -0.2) is 0 Å². The summed E-state index contributed by atoms with van der Waals surface area (Å²) in [6.45, 7) is 5.47. The van der Waals surface area contributed by atoms with Gasteiger partial charge < -0.3 is 10.2 Å². The molecule has 2 nitrogen and oxygen atoms in total. The van der Waals surface area contributed by atoms with Crippen LogP contribution in [-0.4, -0.2) is 42.6 Å². The predicted octanol–water partition coefficient (Wildman–Crippen LogP) is 2.58. The normalized spacial score (nSPS) is 20.3. The first-order valence-electron chi connectivity index (χ1n) is 6.29. The fraction of sp³-hybridized carbons (Fsp3) is 0.692. The van der Waals surface area contributed by atoms with Gasteiger partial charge in [0.15, 0.2) is 0 Å². The molecule has 1 N–H and O–H groups in total. The zero-order valence-electron chi connectivity index (χ0n) is 10.7. The van der Waals surface area contributed by atoms with Crippen LogP contribution in [0.15, 0.2) is 11.4 Å². The van der Waals surface area contributed by atoms with Crippen LogP contribution < -0.4 is 5.32 Å². The summed E-state index contributed by atoms with van der Waals surface area (Å²) in [6, 6.07) is 3.01. The molecule has 0 saturated carbocycles. The number of aryl methyl sites for hydroxylation is 1. The Balaban J connectivity index is 1.61. The zero-order chi connectivity index (χ0) is 12.1. The second-order valence-electron chi connectivity index (χ2n) is 4.70. The molecule has 1 saturated heterocycles. The molecule has 1 aliphatic rings. The van der Waals surface area contributed by atoms with Crippen LogP contribution >= 0.6 is 23.1 Å². The molecule has 1 atom stereocenters. The SMILES string of the molecule is Cc1ccsc1CNCCN(C)C1CCSC1. The van der Waals surface area contributed by atoms with Gasteiger partial charge in [0, 0.05) is 36.3 Å². The number of hydrogen-bond donors (Lipinski definition) is 1. The van der Waals surface area contributed by atoms with Crippen molar-refractivity contribution in [3.63, 3.8) is 0 Å². The number of nitrogens with one attached hydrogen (secondary N) is 1. The maximum atomic E-state index is 3.54. The predicted molar refractivity (Wildman–Crippen MR) is 79.1 cm³/mol. The van der Waals surface area contributed by atoms with Crippen molar-refractivity contribution in [1.29, 1.82) is 0 Å². The Hall–Kier alpha value is -0.0300. The van der Waals surface area contributed by atoms with E-state index in [1.807, 2.05) is 11.3 Å². The fourth-order valence-electron chi connectivity index (χ4n) is 2.09. The summed E-state index contributed by atoms with van der Waals surface area (Å²) >= 11 is 3.94. The Bertz CT molecular complexity index is 332. The topological polar surface area (TPSA) is 15.3 Å². The van der Waals surface area contributed by atoms with Gasteiger partial charge in [-0.05, 0) is 43.2 Å². The van der Waals surface area contributed by atoms with E-state index in [1.165, 1.54) is 28.4 Å². The minimum Gasteiger partial charge on any atom is -0.311 e. The minimum atomic E-state index is 0.810. The van der Waals surface area contributed by atoms with Crippen molar-refractivity contribution in [1.82, 2.24) is 10.2 Å². The summed E-state index contributed by atoms with van der Waals surface area (Å²) < 4.78 is 0. The third-order valence-electron chi connectivity index (χ3n) is 3.42. The maximum Gasteiger partial charge on any atom is 0.0302 e. The van der Waals surface area contributed by atoms with Crippen molar-refractivity contribution < 1.29 is 0 Å². The van der Waals surface area contributed by atoms with Gasteiger partial charge >= 0.3 is 0 Å². The molecule has 0 aliphatic carbocycles. The fourth-order valence-corrected chi connectivity index (χ4v) is 4.27. The highest BCUT2D eigenvalue weighted by molar-refractivity contribution is 7.99. The summed E-state index contributed by atoms with van der Waals surface area (Å²) in [6.07, 6.45) is 1.37. The number of nitrogens with zero attached hydrogens (tertiary/aromatic N) is 1. The number of thioether (sulfide) groups is 1. The lowest BCUT2D eigenvalue weighted by Crippen LogP contribution is -2.36. The van der Waals surface area contributed by atoms with E-state index in [1.54, 1.807) is 0 Å². The lowest BCUT2D eigenvalue weighted by atomic mass is 10.2. The molecule has 0 aromatic carbocycles. The van der Waals surface area contributed by atoms with Gasteiger partial charge in [0.2, 0.25) is 0 Å². The molecule has 1 fully saturated rings. The summed E-state index contributed by atoms with van der Waals surface area (Å²) in [5.41, 5.74) is 1.42. The molecule has 0 radical (unpaired) electrons. The van der Waals surface area contributed by atoms with Gasteiger partial charge in [-0.15, -0.1) is 11.3 Å². The summed E-state index contributed by atoms with van der Waals surface area (Å²) in [7, 11) is 2.26. The highest BCUT2D eigenvalue weighted by Gasteiger charge is 2.19. The molecule has 0 amide bonds. The standard InChI is InChI=1S/C13H22N2S2/c1-11-3-8-17-13(11)9-14-5-6-15(2)12-4-7-16-10-12/h3,8,12,14H,4-7,9-10H2,1-2H3. The van der Waals surface area contributed by atoms with Gasteiger partial charge in [-0.3, -0.25) is 0 Å². The van der Waals surface area contributed by atoms with Crippen LogP contribution in [0, 0.1) is 6.92 Å². The Morgan fingerprint density at radius 2 is 2.41 bits per heavy atom. The molecule has 2 heterocycles. The Labute approximate surface area is 113 Å². The molecule has 4 heteroatoms. The van der Waals surface area contributed by atoms with Gasteiger partial charge in [0.05, 0.1) is 0 Å². The molecule has 2 rings (SSSR count). The van der Waals surface area contributed by atoms with Crippen LogP contribution in [0.4, 0.5) is 0 Å². The summed E-state index contributed by atoms with van der Waals surface area (Å²) in [4.78, 5) is 3.98. The quantitative estimate of drug-likeness (QED) is 0.800. The van der Waals surface area contributed by atoms with E-state index < -0.39 is 0 Å². The first-order valence-corrected chi connectivity index (χ1v) is 8.32. The zero-order valence-corrected chi connectivity index (χ0v) is 12.4. The lowest BCUT2D eigenvalue weighted by molar-refractivity contribution is 0.262. The van der Waals surface area contributed by atoms with Crippen LogP contribution in [0.2, 0.25) is 0 Å². The minimum absolute atomic E-state index is 0.810. The summed E-state index contributed by atoms with van der Waals surface area (Å²) in [5.74, 6) is 2.66. The van der Waals surface area contributed by atoms with E-state index in [0.29, 0.717) is 0 Å². The van der Waals surface area contributed by atoms with Gasteiger partial charge in [0.25, 0.3) is 0 Å². The molecule has 0 spiro atoms. The largest absolute Gasteiger partial charge is 0.311 e. The van der Waals surface area contributed by atoms with E-state index in [-0.39, 0.29) is 0 Å². The monoisotopic (exact) mass is 270 g/mol. The highest BCUT2D eigenvalue weighted by Crippen LogP contribution is 2.20. The van der Waals surface area contributed by atoms with Gasteiger partial charge in [-0.1, -0.05) is 0 Å². The molecular weight excluding hydrogens is 248 g/mol. The van der Waals surface area contributed by atoms with E-state index in [9.17, 15) is 0 Å². The Morgan fingerprint density at radius 1 is 1.53 bits per heavy atom. The van der Waals surface area contributed by atoms with Crippen LogP contribution in [0.25, 0.3) is 0 Å². The number of likely N-dealkylation sites (N-methyl/N-ethyl adjacent to an activating group) is 1. The number of rotatable bonds is 6. The first kappa shape index (κ1) is 13.4. The molecular formula is C13H22N2S2. The number of hydrogen-bond acceptors (Lipinski definition) is 4. The van der Waals surface area contributed by atoms with Crippen molar-refractivity contribution >= 4 is 23.1 Å². The lowest BCUT2D eigenvalue weighted by Gasteiger charge is -2.23. The van der Waals surface area contributed by atoms with Crippen LogP contribution in [0.3, 0.4) is 0 Å². The highest BCUT2D eigenvalue weighted by atomic mass is 32.2. The van der Waals surface area contributed by atoms with E-state index >= 15 is 0 Å². The smallest absolute Gasteiger partial charge is 0.0302 e. The third kappa shape index (κ3) is 3.98. The first-order chi connectivity index (χ1) is 8.27. The second-order valence-corrected chi connectivity index (χ2v) is 6.85. The van der Waals surface area contributed by atoms with Crippen molar-refractivity contribution in [2.24, 2.45) is 0 Å². The molecule has 96 valence electrons. The van der Waals surface area contributed by atoms with E-state index in [0.717, 1.165) is 25.7 Å². The molecule has 1 aliphatic heterocycles. The molecule has 1 aromatic rings. The average molecular weight is 270 g/mol. The van der Waals surface area contributed by atoms with Crippen molar-refractivity contribution in [3.8, 4) is 0 Å². The number of thiophene rings is 1. The van der Waals surface area contributed by atoms with Crippen LogP contribution in [0.1, 0.15) is 16.9 Å². The Morgan fingerprint density at radius 3 is 3.06 bits per heavy atom. The third-order valence-corrected chi connectivity index (χ3v) is 5.59. The maximum absolute atomic E-state index is 3.54. The van der Waals surface area contributed by atoms with Gasteiger partial charge in [-0.2, -0.15) is 11.8 Å². The molecule has 1 aromatic heterocycles. The van der Waals surface area contributed by atoms with E-state index in [2.05, 4.69) is 47.4 Å². The van der Waals surface area contributed by atoms with Crippen LogP contribution in [-0.2, 0) is 6.54 Å². The van der Waals surface area contributed by atoms with E-state index in [4.69, 9.17) is 0 Å². The molecule has 17 heavy (non-hydrogen) atoms. The Kier molecular flexibility index (Phi) is 5.35. The van der Waals surface area contributed by atoms with Crippen molar-refractivity contribution in [2.45, 2.75) is 25.9 Å². The average Bonchev–Trinajstić information content (AvgIpc) is 2.96. The second kappa shape index (κ2) is 6.78. The molecule has 1 unspecified atom stereocenters. The summed E-state index contributed by atoms with van der Waals surface area (Å²) in [5, 5.41) is 5.72. The van der Waals surface area contributed by atoms with Crippen molar-refractivity contribution in [2.75, 3.05) is 31.6 Å². The van der Waals surface area contributed by atoms with Crippen LogP contribution in [0.5, 0.6) is 0 Å². The molecule has 0 bridgehead atoms. The van der Waals surface area contributed by atoms with Gasteiger partial charge in [0.1, 0.15) is 0 Å². The van der Waals surface area contributed by atoms with Crippen molar-refractivity contribution in [3.05, 3.63) is 21.9 Å².